The van der Waals surface area contributed by atoms with Crippen LogP contribution in [0.1, 0.15) is 24.8 Å². The predicted octanol–water partition coefficient (Wildman–Crippen LogP) is 5.76. The maximum atomic E-state index is 14.2. The van der Waals surface area contributed by atoms with Crippen LogP contribution in [0.25, 0.3) is 10.2 Å². The Labute approximate surface area is 155 Å². The largest absolute Gasteiger partial charge is 0.274 e. The number of amides is 1. The molecule has 1 heterocycles. The smallest absolute Gasteiger partial charge is 0.236 e. The molecule has 1 unspecified atom stereocenters. The quantitative estimate of drug-likeness (QED) is 0.552. The van der Waals surface area contributed by atoms with Crippen molar-refractivity contribution in [2.45, 2.75) is 26.2 Å². The molecular weight excluding hydrogens is 347 g/mol. The average Bonchev–Trinajstić information content (AvgIpc) is 3.09. The second-order valence-corrected chi connectivity index (χ2v) is 7.56. The fraction of sp³-hybridized carbons (Fsp3) is 0.238. The van der Waals surface area contributed by atoms with E-state index < -0.39 is 0 Å². The molecule has 26 heavy (non-hydrogen) atoms. The summed E-state index contributed by atoms with van der Waals surface area (Å²) in [6, 6.07) is 12.7. The van der Waals surface area contributed by atoms with Gasteiger partial charge in [0, 0.05) is 5.92 Å². The first-order valence-corrected chi connectivity index (χ1v) is 9.56. The third-order valence-corrected chi connectivity index (χ3v) is 5.75. The third-order valence-electron chi connectivity index (χ3n) is 4.73. The highest BCUT2D eigenvalue weighted by Gasteiger charge is 2.29. The maximum Gasteiger partial charge on any atom is 0.236 e. The number of para-hydroxylation sites is 1. The Morgan fingerprint density at radius 2 is 2.08 bits per heavy atom. The van der Waals surface area contributed by atoms with Gasteiger partial charge in [-0.05, 0) is 56.0 Å². The highest BCUT2D eigenvalue weighted by Crippen LogP contribution is 2.36. The van der Waals surface area contributed by atoms with Gasteiger partial charge in [0.1, 0.15) is 5.82 Å². The van der Waals surface area contributed by atoms with E-state index in [2.05, 4.69) is 17.1 Å². The molecular formula is C21H19FN2OS. The Morgan fingerprint density at radius 3 is 2.81 bits per heavy atom. The highest BCUT2D eigenvalue weighted by atomic mass is 32.1. The van der Waals surface area contributed by atoms with E-state index in [-0.39, 0.29) is 17.6 Å². The number of fused-ring (bicyclic) bond motifs is 1. The minimum Gasteiger partial charge on any atom is -0.274 e. The Morgan fingerprint density at radius 1 is 1.23 bits per heavy atom. The van der Waals surface area contributed by atoms with Gasteiger partial charge in [0.25, 0.3) is 0 Å². The van der Waals surface area contributed by atoms with Crippen molar-refractivity contribution in [3.8, 4) is 0 Å². The van der Waals surface area contributed by atoms with Gasteiger partial charge >= 0.3 is 0 Å². The van der Waals surface area contributed by atoms with Gasteiger partial charge in [0.2, 0.25) is 5.91 Å². The van der Waals surface area contributed by atoms with Crippen LogP contribution in [0.15, 0.2) is 54.6 Å². The van der Waals surface area contributed by atoms with E-state index in [4.69, 9.17) is 0 Å². The Balaban J connectivity index is 1.81. The van der Waals surface area contributed by atoms with E-state index in [9.17, 15) is 9.18 Å². The van der Waals surface area contributed by atoms with Crippen molar-refractivity contribution in [1.29, 1.82) is 0 Å². The molecule has 1 amide bonds. The number of thiazole rings is 1. The van der Waals surface area contributed by atoms with E-state index in [1.165, 1.54) is 17.4 Å². The van der Waals surface area contributed by atoms with Gasteiger partial charge in [0.15, 0.2) is 5.13 Å². The summed E-state index contributed by atoms with van der Waals surface area (Å²) in [5.74, 6) is -0.432. The Hall–Kier alpha value is -2.53. The van der Waals surface area contributed by atoms with Crippen molar-refractivity contribution in [2.24, 2.45) is 5.92 Å². The van der Waals surface area contributed by atoms with E-state index in [1.54, 1.807) is 24.0 Å². The molecule has 0 spiro atoms. The summed E-state index contributed by atoms with van der Waals surface area (Å²) in [7, 11) is 0. The molecule has 1 aliphatic rings. The van der Waals surface area contributed by atoms with Gasteiger partial charge in [-0.15, -0.1) is 0 Å². The fourth-order valence-corrected chi connectivity index (χ4v) is 4.20. The van der Waals surface area contributed by atoms with Gasteiger partial charge < -0.3 is 0 Å². The lowest BCUT2D eigenvalue weighted by Crippen LogP contribution is -2.33. The van der Waals surface area contributed by atoms with Gasteiger partial charge in [-0.25, -0.2) is 9.37 Å². The summed E-state index contributed by atoms with van der Waals surface area (Å²) in [4.78, 5) is 19.5. The molecule has 5 heteroatoms. The molecule has 0 saturated carbocycles. The Kier molecular flexibility index (Phi) is 4.55. The number of hydrogen-bond donors (Lipinski definition) is 0. The van der Waals surface area contributed by atoms with Crippen LogP contribution in [0.4, 0.5) is 15.2 Å². The number of rotatable bonds is 3. The predicted molar refractivity (Wildman–Crippen MR) is 104 cm³/mol. The molecule has 0 fully saturated rings. The number of carbonyl (C=O) groups excluding carboxylic acids is 1. The number of aromatic nitrogens is 1. The van der Waals surface area contributed by atoms with Crippen LogP contribution < -0.4 is 4.90 Å². The first-order chi connectivity index (χ1) is 12.6. The molecule has 0 bridgehead atoms. The van der Waals surface area contributed by atoms with Gasteiger partial charge in [-0.3, -0.25) is 9.69 Å². The number of allylic oxidation sites excluding steroid dienone is 2. The lowest BCUT2D eigenvalue weighted by molar-refractivity contribution is -0.121. The number of carbonyl (C=O) groups is 1. The second kappa shape index (κ2) is 7.00. The Bertz CT molecular complexity index is 962. The summed E-state index contributed by atoms with van der Waals surface area (Å²) in [6.45, 7) is 1.72. The van der Waals surface area contributed by atoms with E-state index in [1.807, 2.05) is 24.3 Å². The number of anilines is 2. The standard InChI is InChI=1S/C21H19FN2OS/c1-14-11-12-16(13-17(14)22)24(20(25)15-7-3-2-4-8-15)21-23-18-9-5-6-10-19(18)26-21/h2-3,5-6,9-13,15H,4,7-8H2,1H3. The lowest BCUT2D eigenvalue weighted by Gasteiger charge is -2.26. The minimum atomic E-state index is -0.315. The van der Waals surface area contributed by atoms with Crippen molar-refractivity contribution in [3.63, 3.8) is 0 Å². The molecule has 1 atom stereocenters. The minimum absolute atomic E-state index is 0.0170. The highest BCUT2D eigenvalue weighted by molar-refractivity contribution is 7.22. The number of nitrogens with zero attached hydrogens (tertiary/aromatic N) is 2. The van der Waals surface area contributed by atoms with Gasteiger partial charge in [-0.1, -0.05) is 41.7 Å². The summed E-state index contributed by atoms with van der Waals surface area (Å²) in [5, 5.41) is 0.592. The number of aryl methyl sites for hydroxylation is 1. The molecule has 0 radical (unpaired) electrons. The molecule has 2 aromatic carbocycles. The summed E-state index contributed by atoms with van der Waals surface area (Å²) in [6.07, 6.45) is 6.58. The average molecular weight is 366 g/mol. The van der Waals surface area contributed by atoms with E-state index in [0.717, 1.165) is 23.1 Å². The summed E-state index contributed by atoms with van der Waals surface area (Å²) < 4.78 is 15.2. The van der Waals surface area contributed by atoms with Crippen LogP contribution in [0.3, 0.4) is 0 Å². The maximum absolute atomic E-state index is 14.2. The third kappa shape index (κ3) is 3.15. The normalized spacial score (nSPS) is 16.8. The van der Waals surface area contributed by atoms with Crippen LogP contribution in [-0.2, 0) is 4.79 Å². The summed E-state index contributed by atoms with van der Waals surface area (Å²) in [5.41, 5.74) is 1.94. The van der Waals surface area contributed by atoms with Gasteiger partial charge in [0.05, 0.1) is 15.9 Å². The molecule has 3 aromatic rings. The topological polar surface area (TPSA) is 33.2 Å². The van der Waals surface area contributed by atoms with Crippen molar-refractivity contribution < 1.29 is 9.18 Å². The number of halogens is 1. The molecule has 4 rings (SSSR count). The summed E-state index contributed by atoms with van der Waals surface area (Å²) >= 11 is 1.46. The zero-order valence-electron chi connectivity index (χ0n) is 14.5. The van der Waals surface area contributed by atoms with Gasteiger partial charge in [-0.2, -0.15) is 0 Å². The first kappa shape index (κ1) is 16.9. The molecule has 132 valence electrons. The number of benzene rings is 2. The zero-order chi connectivity index (χ0) is 18.1. The molecule has 0 aliphatic heterocycles. The monoisotopic (exact) mass is 366 g/mol. The fourth-order valence-electron chi connectivity index (χ4n) is 3.21. The SMILES string of the molecule is Cc1ccc(N(C(=O)C2CC=CCC2)c2nc3ccccc3s2)cc1F. The second-order valence-electron chi connectivity index (χ2n) is 6.55. The van der Waals surface area contributed by atoms with Crippen LogP contribution in [0, 0.1) is 18.7 Å². The molecule has 0 N–H and O–H groups in total. The molecule has 1 aromatic heterocycles. The first-order valence-electron chi connectivity index (χ1n) is 8.74. The number of hydrogen-bond acceptors (Lipinski definition) is 3. The van der Waals surface area contributed by atoms with Crippen molar-refractivity contribution >= 4 is 38.3 Å². The van der Waals surface area contributed by atoms with Crippen molar-refractivity contribution in [2.75, 3.05) is 4.90 Å². The van der Waals surface area contributed by atoms with E-state index >= 15 is 0 Å². The van der Waals surface area contributed by atoms with Crippen LogP contribution >= 0.6 is 11.3 Å². The lowest BCUT2D eigenvalue weighted by atomic mass is 9.93. The zero-order valence-corrected chi connectivity index (χ0v) is 15.3. The van der Waals surface area contributed by atoms with Crippen LogP contribution in [-0.4, -0.2) is 10.9 Å². The molecule has 0 saturated heterocycles. The van der Waals surface area contributed by atoms with Crippen LogP contribution in [0.2, 0.25) is 0 Å². The molecule has 3 nitrogen and oxygen atoms in total. The van der Waals surface area contributed by atoms with E-state index in [0.29, 0.717) is 22.8 Å². The van der Waals surface area contributed by atoms with Crippen LogP contribution in [0.5, 0.6) is 0 Å². The van der Waals surface area contributed by atoms with Crippen molar-refractivity contribution in [3.05, 3.63) is 66.0 Å². The molecule has 1 aliphatic carbocycles. The van der Waals surface area contributed by atoms with Crippen molar-refractivity contribution in [1.82, 2.24) is 4.98 Å².